The van der Waals surface area contributed by atoms with E-state index in [-0.39, 0.29) is 0 Å². The molecule has 2 fully saturated rings. The molecule has 2 saturated heterocycles. The molecule has 92 valence electrons. The van der Waals surface area contributed by atoms with E-state index in [1.54, 1.807) is 7.11 Å². The fourth-order valence-electron chi connectivity index (χ4n) is 3.11. The molecule has 3 heteroatoms. The van der Waals surface area contributed by atoms with Crippen molar-refractivity contribution in [1.29, 1.82) is 0 Å². The Kier molecular flexibility index (Phi) is 3.04. The molecule has 0 spiro atoms. The van der Waals surface area contributed by atoms with Gasteiger partial charge in [-0.15, -0.1) is 0 Å². The molecule has 1 aromatic carbocycles. The Morgan fingerprint density at radius 2 is 2.06 bits per heavy atom. The molecule has 0 radical (unpaired) electrons. The Balaban J connectivity index is 1.63. The topological polar surface area (TPSA) is 24.5 Å². The van der Waals surface area contributed by atoms with Crippen LogP contribution in [0.25, 0.3) is 0 Å². The predicted molar refractivity (Wildman–Crippen MR) is 68.1 cm³/mol. The van der Waals surface area contributed by atoms with Gasteiger partial charge in [0.2, 0.25) is 0 Å². The number of nitrogens with one attached hydrogen (secondary N) is 1. The summed E-state index contributed by atoms with van der Waals surface area (Å²) in [5.74, 6) is 2.71. The number of hydrogen-bond donors (Lipinski definition) is 1. The number of hydrogen-bond acceptors (Lipinski definition) is 3. The second-order valence-electron chi connectivity index (χ2n) is 5.22. The third-order valence-corrected chi connectivity index (χ3v) is 4.01. The van der Waals surface area contributed by atoms with Gasteiger partial charge < -0.3 is 10.1 Å². The summed E-state index contributed by atoms with van der Waals surface area (Å²) in [6.45, 7) is 5.96. The summed E-state index contributed by atoms with van der Waals surface area (Å²) in [6, 6.07) is 8.42. The molecule has 2 aliphatic rings. The van der Waals surface area contributed by atoms with Gasteiger partial charge in [-0.05, 0) is 42.6 Å². The van der Waals surface area contributed by atoms with Crippen LogP contribution in [0.15, 0.2) is 24.3 Å². The van der Waals surface area contributed by atoms with E-state index in [1.165, 1.54) is 31.7 Å². The zero-order chi connectivity index (χ0) is 11.7. The van der Waals surface area contributed by atoms with E-state index in [9.17, 15) is 0 Å². The van der Waals surface area contributed by atoms with Crippen LogP contribution >= 0.6 is 0 Å². The molecule has 0 bridgehead atoms. The molecule has 0 amide bonds. The summed E-state index contributed by atoms with van der Waals surface area (Å²) in [7, 11) is 1.73. The molecule has 1 N–H and O–H groups in total. The highest BCUT2D eigenvalue weighted by molar-refractivity contribution is 5.28. The van der Waals surface area contributed by atoms with Crippen LogP contribution in [0, 0.1) is 11.8 Å². The Morgan fingerprint density at radius 3 is 2.76 bits per heavy atom. The summed E-state index contributed by atoms with van der Waals surface area (Å²) in [4.78, 5) is 2.57. The third-order valence-electron chi connectivity index (χ3n) is 4.01. The van der Waals surface area contributed by atoms with Crippen molar-refractivity contribution >= 4 is 0 Å². The number of likely N-dealkylation sites (tertiary alicyclic amines) is 1. The summed E-state index contributed by atoms with van der Waals surface area (Å²) in [5.41, 5.74) is 1.36. The Morgan fingerprint density at radius 1 is 1.29 bits per heavy atom. The highest BCUT2D eigenvalue weighted by atomic mass is 16.5. The average Bonchev–Trinajstić information content (AvgIpc) is 2.90. The maximum Gasteiger partial charge on any atom is 0.119 e. The number of methoxy groups -OCH3 is 1. The fourth-order valence-corrected chi connectivity index (χ4v) is 3.11. The molecule has 3 rings (SSSR count). The molecular formula is C14H20N2O. The van der Waals surface area contributed by atoms with Crippen molar-refractivity contribution in [2.45, 2.75) is 6.54 Å². The fraction of sp³-hybridized carbons (Fsp3) is 0.571. The molecule has 2 atom stereocenters. The van der Waals surface area contributed by atoms with Gasteiger partial charge in [0.05, 0.1) is 7.11 Å². The van der Waals surface area contributed by atoms with Gasteiger partial charge in [-0.25, -0.2) is 0 Å². The van der Waals surface area contributed by atoms with Crippen molar-refractivity contribution in [3.05, 3.63) is 29.8 Å². The quantitative estimate of drug-likeness (QED) is 0.851. The lowest BCUT2D eigenvalue weighted by Crippen LogP contribution is -2.25. The van der Waals surface area contributed by atoms with Crippen LogP contribution in [-0.2, 0) is 6.54 Å². The van der Waals surface area contributed by atoms with Crippen LogP contribution in [0.4, 0.5) is 0 Å². The highest BCUT2D eigenvalue weighted by Crippen LogP contribution is 2.27. The van der Waals surface area contributed by atoms with Gasteiger partial charge in [0.25, 0.3) is 0 Å². The zero-order valence-corrected chi connectivity index (χ0v) is 10.4. The number of rotatable bonds is 3. The predicted octanol–water partition coefficient (Wildman–Crippen LogP) is 1.35. The Bertz CT molecular complexity index is 382. The van der Waals surface area contributed by atoms with Crippen LogP contribution in [-0.4, -0.2) is 38.2 Å². The Hall–Kier alpha value is -1.06. The third kappa shape index (κ3) is 2.31. The molecule has 17 heavy (non-hydrogen) atoms. The second kappa shape index (κ2) is 4.67. The van der Waals surface area contributed by atoms with Crippen molar-refractivity contribution in [3.63, 3.8) is 0 Å². The standard InChI is InChI=1S/C14H20N2O/c1-17-14-4-2-3-11(5-14)8-16-9-12-6-15-7-13(12)10-16/h2-5,12-13,15H,6-10H2,1H3/t12-,13+. The van der Waals surface area contributed by atoms with Gasteiger partial charge in [-0.1, -0.05) is 12.1 Å². The van der Waals surface area contributed by atoms with E-state index < -0.39 is 0 Å². The molecule has 0 saturated carbocycles. The highest BCUT2D eigenvalue weighted by Gasteiger charge is 2.35. The lowest BCUT2D eigenvalue weighted by molar-refractivity contribution is 0.305. The molecular weight excluding hydrogens is 212 g/mol. The Labute approximate surface area is 103 Å². The number of fused-ring (bicyclic) bond motifs is 1. The van der Waals surface area contributed by atoms with E-state index in [1.807, 2.05) is 6.07 Å². The summed E-state index contributed by atoms with van der Waals surface area (Å²) >= 11 is 0. The molecule has 2 heterocycles. The molecule has 0 unspecified atom stereocenters. The molecule has 1 aromatic rings. The van der Waals surface area contributed by atoms with Gasteiger partial charge in [0.1, 0.15) is 5.75 Å². The van der Waals surface area contributed by atoms with E-state index in [4.69, 9.17) is 4.74 Å². The lowest BCUT2D eigenvalue weighted by Gasteiger charge is -2.17. The lowest BCUT2D eigenvalue weighted by atomic mass is 10.0. The average molecular weight is 232 g/mol. The number of nitrogens with zero attached hydrogens (tertiary/aromatic N) is 1. The van der Waals surface area contributed by atoms with Crippen molar-refractivity contribution in [2.75, 3.05) is 33.3 Å². The van der Waals surface area contributed by atoms with E-state index in [0.29, 0.717) is 0 Å². The minimum atomic E-state index is 0.876. The zero-order valence-electron chi connectivity index (χ0n) is 10.4. The minimum Gasteiger partial charge on any atom is -0.497 e. The van der Waals surface area contributed by atoms with Crippen LogP contribution in [0.3, 0.4) is 0 Å². The summed E-state index contributed by atoms with van der Waals surface area (Å²) in [6.07, 6.45) is 0. The molecule has 3 nitrogen and oxygen atoms in total. The largest absolute Gasteiger partial charge is 0.497 e. The van der Waals surface area contributed by atoms with Crippen molar-refractivity contribution in [1.82, 2.24) is 10.2 Å². The van der Waals surface area contributed by atoms with Crippen molar-refractivity contribution < 1.29 is 4.74 Å². The number of benzene rings is 1. The maximum absolute atomic E-state index is 5.27. The first-order chi connectivity index (χ1) is 8.35. The molecule has 0 aromatic heterocycles. The molecule has 2 aliphatic heterocycles. The van der Waals surface area contributed by atoms with Crippen LogP contribution in [0.1, 0.15) is 5.56 Å². The van der Waals surface area contributed by atoms with Crippen LogP contribution in [0.2, 0.25) is 0 Å². The first kappa shape index (κ1) is 11.1. The SMILES string of the molecule is COc1cccc(CN2C[C@H]3CNC[C@H]3C2)c1. The summed E-state index contributed by atoms with van der Waals surface area (Å²) in [5, 5.41) is 3.48. The minimum absolute atomic E-state index is 0.876. The van der Waals surface area contributed by atoms with Gasteiger partial charge in [-0.3, -0.25) is 4.90 Å². The van der Waals surface area contributed by atoms with E-state index in [0.717, 1.165) is 24.1 Å². The van der Waals surface area contributed by atoms with Crippen LogP contribution in [0.5, 0.6) is 5.75 Å². The summed E-state index contributed by atoms with van der Waals surface area (Å²) < 4.78 is 5.27. The first-order valence-corrected chi connectivity index (χ1v) is 6.41. The van der Waals surface area contributed by atoms with E-state index in [2.05, 4.69) is 28.4 Å². The molecule has 0 aliphatic carbocycles. The number of ether oxygens (including phenoxy) is 1. The first-order valence-electron chi connectivity index (χ1n) is 6.41. The van der Waals surface area contributed by atoms with Crippen LogP contribution < -0.4 is 10.1 Å². The smallest absolute Gasteiger partial charge is 0.119 e. The van der Waals surface area contributed by atoms with Crippen molar-refractivity contribution in [3.8, 4) is 5.75 Å². The van der Waals surface area contributed by atoms with Gasteiger partial charge in [-0.2, -0.15) is 0 Å². The van der Waals surface area contributed by atoms with Gasteiger partial charge in [0.15, 0.2) is 0 Å². The monoisotopic (exact) mass is 232 g/mol. The maximum atomic E-state index is 5.27. The van der Waals surface area contributed by atoms with Gasteiger partial charge in [0, 0.05) is 19.6 Å². The van der Waals surface area contributed by atoms with Gasteiger partial charge >= 0.3 is 0 Å². The normalized spacial score (nSPS) is 28.3. The van der Waals surface area contributed by atoms with Crippen molar-refractivity contribution in [2.24, 2.45) is 11.8 Å². The van der Waals surface area contributed by atoms with E-state index >= 15 is 0 Å². The second-order valence-corrected chi connectivity index (χ2v) is 5.22.